The lowest BCUT2D eigenvalue weighted by molar-refractivity contribution is -0.130. The van der Waals surface area contributed by atoms with Crippen LogP contribution in [0.1, 0.15) is 10.4 Å². The SMILES string of the molecule is O=C(NCC(=O)N1CCN(c2nc3cccnc3s2)CC1)c1ccc2c(c1)OCO2. The van der Waals surface area contributed by atoms with E-state index in [0.29, 0.717) is 43.2 Å². The molecule has 1 fully saturated rings. The van der Waals surface area contributed by atoms with Crippen molar-refractivity contribution in [1.29, 1.82) is 0 Å². The number of anilines is 1. The Morgan fingerprint density at radius 3 is 2.77 bits per heavy atom. The molecular weight excluding hydrogens is 406 g/mol. The average molecular weight is 425 g/mol. The zero-order valence-electron chi connectivity index (χ0n) is 16.0. The van der Waals surface area contributed by atoms with Crippen LogP contribution in [0, 0.1) is 0 Å². The number of hydrogen-bond donors (Lipinski definition) is 1. The zero-order chi connectivity index (χ0) is 20.5. The number of fused-ring (bicyclic) bond motifs is 2. The van der Waals surface area contributed by atoms with Gasteiger partial charge in [-0.15, -0.1) is 0 Å². The van der Waals surface area contributed by atoms with Gasteiger partial charge in [-0.2, -0.15) is 0 Å². The summed E-state index contributed by atoms with van der Waals surface area (Å²) in [5.74, 6) is 0.733. The van der Waals surface area contributed by atoms with Crippen LogP contribution in [0.3, 0.4) is 0 Å². The molecule has 154 valence electrons. The normalized spacial score (nSPS) is 15.5. The fourth-order valence-corrected chi connectivity index (χ4v) is 4.41. The maximum atomic E-state index is 12.5. The number of carbonyl (C=O) groups is 2. The summed E-state index contributed by atoms with van der Waals surface area (Å²) >= 11 is 1.56. The molecule has 2 aromatic heterocycles. The molecule has 9 nitrogen and oxygen atoms in total. The highest BCUT2D eigenvalue weighted by atomic mass is 32.1. The van der Waals surface area contributed by atoms with Gasteiger partial charge in [0.2, 0.25) is 12.7 Å². The summed E-state index contributed by atoms with van der Waals surface area (Å²) < 4.78 is 10.5. The van der Waals surface area contributed by atoms with E-state index in [4.69, 9.17) is 9.47 Å². The van der Waals surface area contributed by atoms with Crippen molar-refractivity contribution in [3.8, 4) is 11.5 Å². The van der Waals surface area contributed by atoms with E-state index in [1.807, 2.05) is 12.1 Å². The number of nitrogens with zero attached hydrogens (tertiary/aromatic N) is 4. The minimum absolute atomic E-state index is 0.0433. The molecule has 10 heteroatoms. The number of pyridine rings is 1. The number of benzene rings is 1. The number of amides is 2. The molecule has 2 aliphatic heterocycles. The van der Waals surface area contributed by atoms with Crippen molar-refractivity contribution in [3.05, 3.63) is 42.1 Å². The molecule has 2 amide bonds. The number of ether oxygens (including phenoxy) is 2. The second-order valence-corrected chi connectivity index (χ2v) is 7.90. The first-order chi connectivity index (χ1) is 14.7. The van der Waals surface area contributed by atoms with Crippen molar-refractivity contribution in [2.24, 2.45) is 0 Å². The van der Waals surface area contributed by atoms with Crippen molar-refractivity contribution in [2.75, 3.05) is 44.4 Å². The molecule has 0 bridgehead atoms. The monoisotopic (exact) mass is 425 g/mol. The van der Waals surface area contributed by atoms with Crippen LogP contribution in [0.5, 0.6) is 11.5 Å². The number of rotatable bonds is 4. The summed E-state index contributed by atoms with van der Waals surface area (Å²) in [7, 11) is 0. The molecule has 0 aliphatic carbocycles. The number of carbonyl (C=O) groups excluding carboxylic acids is 2. The molecule has 0 saturated carbocycles. The maximum Gasteiger partial charge on any atom is 0.251 e. The molecule has 1 N–H and O–H groups in total. The van der Waals surface area contributed by atoms with Crippen molar-refractivity contribution >= 4 is 38.6 Å². The highest BCUT2D eigenvalue weighted by Crippen LogP contribution is 2.32. The minimum atomic E-state index is -0.317. The van der Waals surface area contributed by atoms with Gasteiger partial charge in [0.15, 0.2) is 16.6 Å². The Kier molecular flexibility index (Phi) is 4.83. The number of hydrogen-bond acceptors (Lipinski definition) is 8. The number of piperazine rings is 1. The van der Waals surface area contributed by atoms with Crippen molar-refractivity contribution < 1.29 is 19.1 Å². The Bertz CT molecular complexity index is 1080. The molecule has 3 aromatic rings. The van der Waals surface area contributed by atoms with E-state index < -0.39 is 0 Å². The molecule has 1 saturated heterocycles. The van der Waals surface area contributed by atoms with E-state index in [-0.39, 0.29) is 25.2 Å². The van der Waals surface area contributed by atoms with E-state index in [1.54, 1.807) is 40.6 Å². The third kappa shape index (κ3) is 3.61. The summed E-state index contributed by atoms with van der Waals surface area (Å²) in [5.41, 5.74) is 1.32. The number of aromatic nitrogens is 2. The van der Waals surface area contributed by atoms with Crippen LogP contribution in [-0.2, 0) is 4.79 Å². The Labute approximate surface area is 176 Å². The topological polar surface area (TPSA) is 96.9 Å². The van der Waals surface area contributed by atoms with Crippen LogP contribution < -0.4 is 19.7 Å². The van der Waals surface area contributed by atoms with Crippen LogP contribution in [-0.4, -0.2) is 66.2 Å². The first kappa shape index (κ1) is 18.6. The van der Waals surface area contributed by atoms with Gasteiger partial charge in [0.05, 0.1) is 6.54 Å². The highest BCUT2D eigenvalue weighted by Gasteiger charge is 2.24. The molecule has 1 aromatic carbocycles. The largest absolute Gasteiger partial charge is 0.454 e. The third-order valence-electron chi connectivity index (χ3n) is 5.09. The van der Waals surface area contributed by atoms with Gasteiger partial charge in [0.1, 0.15) is 10.3 Å². The smallest absolute Gasteiger partial charge is 0.251 e. The van der Waals surface area contributed by atoms with E-state index >= 15 is 0 Å². The van der Waals surface area contributed by atoms with Gasteiger partial charge in [-0.05, 0) is 30.3 Å². The second kappa shape index (κ2) is 7.79. The number of nitrogens with one attached hydrogen (secondary N) is 1. The molecular formula is C20H19N5O4S. The summed E-state index contributed by atoms with van der Waals surface area (Å²) in [4.78, 5) is 38.7. The molecule has 0 unspecified atom stereocenters. The predicted octanol–water partition coefficient (Wildman–Crippen LogP) is 1.50. The quantitative estimate of drug-likeness (QED) is 0.677. The molecule has 2 aliphatic rings. The Morgan fingerprint density at radius 1 is 1.10 bits per heavy atom. The average Bonchev–Trinajstić information content (AvgIpc) is 3.43. The Morgan fingerprint density at radius 2 is 1.93 bits per heavy atom. The van der Waals surface area contributed by atoms with E-state index in [9.17, 15) is 9.59 Å². The molecule has 0 radical (unpaired) electrons. The Hall–Kier alpha value is -3.40. The molecule has 5 rings (SSSR count). The van der Waals surface area contributed by atoms with E-state index in [1.165, 1.54) is 0 Å². The van der Waals surface area contributed by atoms with Gasteiger partial charge in [-0.1, -0.05) is 11.3 Å². The van der Waals surface area contributed by atoms with Crippen LogP contribution in [0.25, 0.3) is 10.3 Å². The van der Waals surface area contributed by atoms with Crippen LogP contribution in [0.15, 0.2) is 36.5 Å². The van der Waals surface area contributed by atoms with Crippen LogP contribution in [0.4, 0.5) is 5.13 Å². The van der Waals surface area contributed by atoms with Gasteiger partial charge in [0, 0.05) is 37.9 Å². The molecule has 0 atom stereocenters. The lowest BCUT2D eigenvalue weighted by atomic mass is 10.2. The molecule has 0 spiro atoms. The summed E-state index contributed by atoms with van der Waals surface area (Å²) in [6.07, 6.45) is 1.76. The van der Waals surface area contributed by atoms with Gasteiger partial charge in [0.25, 0.3) is 5.91 Å². The summed E-state index contributed by atoms with van der Waals surface area (Å²) in [6.45, 7) is 2.67. The molecule has 4 heterocycles. The summed E-state index contributed by atoms with van der Waals surface area (Å²) in [5, 5.41) is 3.61. The van der Waals surface area contributed by atoms with E-state index in [0.717, 1.165) is 15.5 Å². The fraction of sp³-hybridized carbons (Fsp3) is 0.300. The van der Waals surface area contributed by atoms with Crippen LogP contribution >= 0.6 is 11.3 Å². The lowest BCUT2D eigenvalue weighted by Crippen LogP contribution is -2.51. The van der Waals surface area contributed by atoms with E-state index in [2.05, 4.69) is 20.2 Å². The first-order valence-electron chi connectivity index (χ1n) is 9.59. The lowest BCUT2D eigenvalue weighted by Gasteiger charge is -2.34. The number of thiazole rings is 1. The van der Waals surface area contributed by atoms with Crippen molar-refractivity contribution in [3.63, 3.8) is 0 Å². The Balaban J connectivity index is 1.14. The van der Waals surface area contributed by atoms with Gasteiger partial charge >= 0.3 is 0 Å². The standard InChI is InChI=1S/C20H19N5O4S/c26-17(11-22-18(27)13-3-4-15-16(10-13)29-12-28-15)24-6-8-25(9-7-24)20-23-14-2-1-5-21-19(14)30-20/h1-5,10H,6-9,11-12H2,(H,22,27). The van der Waals surface area contributed by atoms with Gasteiger partial charge in [-0.25, -0.2) is 9.97 Å². The fourth-order valence-electron chi connectivity index (χ4n) is 3.45. The van der Waals surface area contributed by atoms with Crippen LogP contribution in [0.2, 0.25) is 0 Å². The summed E-state index contributed by atoms with van der Waals surface area (Å²) in [6, 6.07) is 8.79. The predicted molar refractivity (Wildman–Crippen MR) is 111 cm³/mol. The highest BCUT2D eigenvalue weighted by molar-refractivity contribution is 7.21. The second-order valence-electron chi connectivity index (χ2n) is 6.94. The minimum Gasteiger partial charge on any atom is -0.454 e. The zero-order valence-corrected chi connectivity index (χ0v) is 16.9. The third-order valence-corrected chi connectivity index (χ3v) is 6.13. The van der Waals surface area contributed by atoms with Crippen molar-refractivity contribution in [1.82, 2.24) is 20.2 Å². The van der Waals surface area contributed by atoms with Gasteiger partial charge in [-0.3, -0.25) is 9.59 Å². The first-order valence-corrected chi connectivity index (χ1v) is 10.4. The molecule has 30 heavy (non-hydrogen) atoms. The van der Waals surface area contributed by atoms with Gasteiger partial charge < -0.3 is 24.6 Å². The van der Waals surface area contributed by atoms with Crippen molar-refractivity contribution in [2.45, 2.75) is 0 Å². The maximum absolute atomic E-state index is 12.5.